The number of H-pyrrole nitrogens is 1. The minimum Gasteiger partial charge on any atom is -0.374 e. The number of rotatable bonds is 6. The van der Waals surface area contributed by atoms with Gasteiger partial charge in [0.05, 0.1) is 18.2 Å². The van der Waals surface area contributed by atoms with E-state index in [9.17, 15) is 8.78 Å². The average molecular weight is 278 g/mol. The summed E-state index contributed by atoms with van der Waals surface area (Å²) in [4.78, 5) is 7.92. The van der Waals surface area contributed by atoms with Crippen LogP contribution in [0, 0.1) is 0 Å². The number of nitrogens with one attached hydrogen (secondary N) is 2. The molecule has 0 amide bonds. The largest absolute Gasteiger partial charge is 0.374 e. The minimum absolute atomic E-state index is 0.0720. The van der Waals surface area contributed by atoms with Crippen LogP contribution in [0.25, 0.3) is 11.0 Å². The summed E-state index contributed by atoms with van der Waals surface area (Å²) >= 11 is 5.72. The van der Waals surface area contributed by atoms with Gasteiger partial charge in [0.2, 0.25) is 5.28 Å². The van der Waals surface area contributed by atoms with Crippen LogP contribution in [0.1, 0.15) is 0 Å². The lowest BCUT2D eigenvalue weighted by molar-refractivity contribution is 0.0215. The van der Waals surface area contributed by atoms with Crippen LogP contribution in [0.4, 0.5) is 14.6 Å². The fraction of sp³-hybridized carbons (Fsp3) is 0.444. The van der Waals surface area contributed by atoms with Gasteiger partial charge in [0, 0.05) is 6.54 Å². The third-order valence-electron chi connectivity index (χ3n) is 2.07. The third kappa shape index (κ3) is 3.23. The molecule has 0 bridgehead atoms. The number of hydrogen-bond acceptors (Lipinski definition) is 5. The molecule has 2 aromatic rings. The molecule has 0 radical (unpaired) electrons. The van der Waals surface area contributed by atoms with Crippen LogP contribution in [0.15, 0.2) is 6.20 Å². The first kappa shape index (κ1) is 12.9. The quantitative estimate of drug-likeness (QED) is 0.621. The molecular weight excluding hydrogens is 268 g/mol. The number of hydrogen-bond donors (Lipinski definition) is 2. The highest BCUT2D eigenvalue weighted by molar-refractivity contribution is 6.28. The molecule has 0 aliphatic heterocycles. The van der Waals surface area contributed by atoms with Gasteiger partial charge in [-0.1, -0.05) is 0 Å². The van der Waals surface area contributed by atoms with Crippen LogP contribution in [0.3, 0.4) is 0 Å². The molecule has 0 spiro atoms. The number of anilines is 1. The first-order valence-corrected chi connectivity index (χ1v) is 5.51. The molecule has 0 saturated heterocycles. The van der Waals surface area contributed by atoms with Crippen molar-refractivity contribution in [3.63, 3.8) is 0 Å². The van der Waals surface area contributed by atoms with Gasteiger partial charge < -0.3 is 10.1 Å². The molecule has 9 heteroatoms. The lowest BCUT2D eigenvalue weighted by Gasteiger charge is -2.07. The summed E-state index contributed by atoms with van der Waals surface area (Å²) in [5.74, 6) is 0.486. The van der Waals surface area contributed by atoms with E-state index in [0.29, 0.717) is 23.4 Å². The van der Waals surface area contributed by atoms with Crippen LogP contribution in [-0.2, 0) is 4.74 Å². The smallest absolute Gasteiger partial charge is 0.261 e. The Morgan fingerprint density at radius 3 is 3.06 bits per heavy atom. The van der Waals surface area contributed by atoms with Crippen molar-refractivity contribution in [1.82, 2.24) is 20.2 Å². The summed E-state index contributed by atoms with van der Waals surface area (Å²) in [6.07, 6.45) is -0.910. The Labute approximate surface area is 106 Å². The first-order chi connectivity index (χ1) is 8.66. The van der Waals surface area contributed by atoms with Crippen molar-refractivity contribution in [1.29, 1.82) is 0 Å². The Kier molecular flexibility index (Phi) is 4.21. The van der Waals surface area contributed by atoms with E-state index in [2.05, 4.69) is 25.5 Å². The SMILES string of the molecule is FC(F)COCCNc1nc(Cl)nc2[nH]ncc12. The molecule has 2 N–H and O–H groups in total. The van der Waals surface area contributed by atoms with E-state index in [0.717, 1.165) is 0 Å². The highest BCUT2D eigenvalue weighted by atomic mass is 35.5. The molecule has 0 aliphatic carbocycles. The molecular formula is C9H10ClF2N5O. The molecule has 98 valence electrons. The van der Waals surface area contributed by atoms with E-state index >= 15 is 0 Å². The lowest BCUT2D eigenvalue weighted by Crippen LogP contribution is -2.14. The summed E-state index contributed by atoms with van der Waals surface area (Å²) in [7, 11) is 0. The van der Waals surface area contributed by atoms with Gasteiger partial charge in [-0.05, 0) is 11.6 Å². The predicted octanol–water partition coefficient (Wildman–Crippen LogP) is 1.70. The maximum atomic E-state index is 11.8. The van der Waals surface area contributed by atoms with Crippen molar-refractivity contribution in [2.45, 2.75) is 6.43 Å². The summed E-state index contributed by atoms with van der Waals surface area (Å²) < 4.78 is 28.3. The van der Waals surface area contributed by atoms with Crippen molar-refractivity contribution in [2.24, 2.45) is 0 Å². The standard InChI is InChI=1S/C9H10ClF2N5O/c10-9-15-7(5-3-14-17-8(5)16-9)13-1-2-18-4-6(11)12/h3,6H,1-2,4H2,(H2,13,14,15,16,17). The number of ether oxygens (including phenoxy) is 1. The molecule has 0 fully saturated rings. The molecule has 6 nitrogen and oxygen atoms in total. The van der Waals surface area contributed by atoms with Crippen molar-refractivity contribution in [3.05, 3.63) is 11.5 Å². The molecule has 2 heterocycles. The van der Waals surface area contributed by atoms with Crippen molar-refractivity contribution < 1.29 is 13.5 Å². The Bertz CT molecular complexity index is 521. The second-order valence-electron chi connectivity index (χ2n) is 3.37. The molecule has 2 aromatic heterocycles. The number of alkyl halides is 2. The van der Waals surface area contributed by atoms with Gasteiger partial charge in [-0.2, -0.15) is 15.1 Å². The zero-order valence-corrected chi connectivity index (χ0v) is 9.92. The summed E-state index contributed by atoms with van der Waals surface area (Å²) in [6, 6.07) is 0. The number of aromatic amines is 1. The van der Waals surface area contributed by atoms with Crippen LogP contribution in [-0.4, -0.2) is 46.3 Å². The summed E-state index contributed by atoms with van der Waals surface area (Å²) in [5.41, 5.74) is 0.506. The highest BCUT2D eigenvalue weighted by Gasteiger charge is 2.08. The monoisotopic (exact) mass is 277 g/mol. The number of fused-ring (bicyclic) bond motifs is 1. The Balaban J connectivity index is 1.93. The Hall–Kier alpha value is -1.54. The molecule has 0 saturated carbocycles. The van der Waals surface area contributed by atoms with E-state index in [1.807, 2.05) is 0 Å². The normalized spacial score (nSPS) is 11.3. The van der Waals surface area contributed by atoms with E-state index in [1.165, 1.54) is 0 Å². The van der Waals surface area contributed by atoms with Gasteiger partial charge in [0.15, 0.2) is 5.65 Å². The molecule has 0 aromatic carbocycles. The minimum atomic E-state index is -2.46. The summed E-state index contributed by atoms with van der Waals surface area (Å²) in [5, 5.41) is 10.1. The van der Waals surface area contributed by atoms with Crippen molar-refractivity contribution in [3.8, 4) is 0 Å². The highest BCUT2D eigenvalue weighted by Crippen LogP contribution is 2.19. The van der Waals surface area contributed by atoms with Gasteiger partial charge in [-0.15, -0.1) is 0 Å². The molecule has 0 unspecified atom stereocenters. The Morgan fingerprint density at radius 2 is 2.28 bits per heavy atom. The fourth-order valence-corrected chi connectivity index (χ4v) is 1.53. The van der Waals surface area contributed by atoms with Gasteiger partial charge in [0.1, 0.15) is 12.4 Å². The van der Waals surface area contributed by atoms with Crippen molar-refractivity contribution >= 4 is 28.5 Å². The average Bonchev–Trinajstić information content (AvgIpc) is 2.75. The van der Waals surface area contributed by atoms with Gasteiger partial charge in [-0.3, -0.25) is 5.10 Å². The maximum Gasteiger partial charge on any atom is 0.261 e. The number of aromatic nitrogens is 4. The van der Waals surface area contributed by atoms with Crippen LogP contribution < -0.4 is 5.32 Å². The number of nitrogens with zero attached hydrogens (tertiary/aromatic N) is 3. The second kappa shape index (κ2) is 5.87. The maximum absolute atomic E-state index is 11.8. The molecule has 2 rings (SSSR count). The molecule has 0 aliphatic rings. The predicted molar refractivity (Wildman–Crippen MR) is 62.0 cm³/mol. The van der Waals surface area contributed by atoms with Crippen LogP contribution in [0.5, 0.6) is 0 Å². The van der Waals surface area contributed by atoms with Crippen LogP contribution in [0.2, 0.25) is 5.28 Å². The fourth-order valence-electron chi connectivity index (χ4n) is 1.36. The van der Waals surface area contributed by atoms with Crippen LogP contribution >= 0.6 is 11.6 Å². The van der Waals surface area contributed by atoms with E-state index in [4.69, 9.17) is 16.3 Å². The number of halogens is 3. The van der Waals surface area contributed by atoms with Gasteiger partial charge >= 0.3 is 0 Å². The van der Waals surface area contributed by atoms with E-state index in [1.54, 1.807) is 6.20 Å². The van der Waals surface area contributed by atoms with Gasteiger partial charge in [0.25, 0.3) is 6.43 Å². The lowest BCUT2D eigenvalue weighted by atomic mass is 10.4. The van der Waals surface area contributed by atoms with Gasteiger partial charge in [-0.25, -0.2) is 8.78 Å². The zero-order chi connectivity index (χ0) is 13.0. The topological polar surface area (TPSA) is 75.7 Å². The third-order valence-corrected chi connectivity index (χ3v) is 2.23. The Morgan fingerprint density at radius 1 is 1.44 bits per heavy atom. The van der Waals surface area contributed by atoms with E-state index < -0.39 is 13.0 Å². The molecule has 18 heavy (non-hydrogen) atoms. The summed E-state index contributed by atoms with van der Waals surface area (Å²) in [6.45, 7) is -0.0982. The van der Waals surface area contributed by atoms with Crippen molar-refractivity contribution in [2.75, 3.05) is 25.1 Å². The van der Waals surface area contributed by atoms with E-state index in [-0.39, 0.29) is 11.9 Å². The molecule has 0 atom stereocenters. The second-order valence-corrected chi connectivity index (χ2v) is 3.70. The zero-order valence-electron chi connectivity index (χ0n) is 9.16. The first-order valence-electron chi connectivity index (χ1n) is 5.13.